The molecule has 1 aliphatic heterocycles. The Morgan fingerprint density at radius 3 is 2.48 bits per heavy atom. The zero-order valence-corrected chi connectivity index (χ0v) is 20.3. The van der Waals surface area contributed by atoms with Crippen LogP contribution in [0, 0.1) is 11.3 Å². The van der Waals surface area contributed by atoms with E-state index in [1.54, 1.807) is 0 Å². The third kappa shape index (κ3) is 6.58. The molecule has 1 aliphatic carbocycles. The van der Waals surface area contributed by atoms with Gasteiger partial charge in [0.15, 0.2) is 0 Å². The summed E-state index contributed by atoms with van der Waals surface area (Å²) < 4.78 is 0. The Kier molecular flexibility index (Phi) is 8.21. The van der Waals surface area contributed by atoms with Crippen LogP contribution in [0.25, 0.3) is 5.57 Å². The molecule has 2 aliphatic rings. The molecule has 0 radical (unpaired) electrons. The number of nitrogens with two attached hydrogens (primary N) is 1. The first-order valence-corrected chi connectivity index (χ1v) is 12.4. The van der Waals surface area contributed by atoms with Crippen LogP contribution < -0.4 is 10.6 Å². The molecule has 1 saturated heterocycles. The average Bonchev–Trinajstić information content (AvgIpc) is 2.76. The highest BCUT2D eigenvalue weighted by atomic mass is 16.1. The maximum atomic E-state index is 11.3. The first-order chi connectivity index (χ1) is 14.8. The van der Waals surface area contributed by atoms with Gasteiger partial charge in [0.05, 0.1) is 0 Å². The molecule has 4 heteroatoms. The van der Waals surface area contributed by atoms with E-state index in [2.05, 4.69) is 61.8 Å². The molecule has 1 aromatic rings. The number of primary amides is 1. The fraction of sp³-hybridized carbons (Fsp3) is 0.667. The van der Waals surface area contributed by atoms with Crippen LogP contribution in [0.1, 0.15) is 77.3 Å². The molecule has 1 amide bonds. The van der Waals surface area contributed by atoms with Gasteiger partial charge in [-0.3, -0.25) is 9.69 Å². The maximum absolute atomic E-state index is 11.3. The van der Waals surface area contributed by atoms with Gasteiger partial charge in [-0.05, 0) is 67.2 Å². The number of aryl methyl sites for hydroxylation is 1. The number of piperazine rings is 1. The van der Waals surface area contributed by atoms with E-state index >= 15 is 0 Å². The third-order valence-electron chi connectivity index (χ3n) is 7.24. The van der Waals surface area contributed by atoms with Crippen molar-refractivity contribution >= 4 is 17.2 Å². The van der Waals surface area contributed by atoms with Gasteiger partial charge in [-0.25, -0.2) is 0 Å². The van der Waals surface area contributed by atoms with Crippen LogP contribution in [0.2, 0.25) is 0 Å². The summed E-state index contributed by atoms with van der Waals surface area (Å²) in [5.41, 5.74) is 11.3. The van der Waals surface area contributed by atoms with Crippen molar-refractivity contribution in [3.8, 4) is 0 Å². The summed E-state index contributed by atoms with van der Waals surface area (Å²) in [4.78, 5) is 16.5. The van der Waals surface area contributed by atoms with Gasteiger partial charge in [0.2, 0.25) is 5.91 Å². The predicted octanol–water partition coefficient (Wildman–Crippen LogP) is 5.26. The van der Waals surface area contributed by atoms with E-state index in [-0.39, 0.29) is 5.91 Å². The molecule has 31 heavy (non-hydrogen) atoms. The number of anilines is 1. The normalized spacial score (nSPS) is 20.6. The first-order valence-electron chi connectivity index (χ1n) is 12.4. The van der Waals surface area contributed by atoms with Crippen molar-refractivity contribution in [2.75, 3.05) is 37.6 Å². The highest BCUT2D eigenvalue weighted by Gasteiger charge is 2.28. The van der Waals surface area contributed by atoms with Gasteiger partial charge in [-0.15, -0.1) is 0 Å². The molecule has 0 saturated carbocycles. The van der Waals surface area contributed by atoms with E-state index < -0.39 is 0 Å². The number of amides is 1. The number of carbonyl (C=O) groups excluding carboxylic acids is 1. The van der Waals surface area contributed by atoms with Crippen LogP contribution in [-0.2, 0) is 11.2 Å². The average molecular weight is 426 g/mol. The van der Waals surface area contributed by atoms with Gasteiger partial charge in [-0.1, -0.05) is 52.3 Å². The Hall–Kier alpha value is -1.81. The van der Waals surface area contributed by atoms with Crippen molar-refractivity contribution in [3.05, 3.63) is 35.4 Å². The van der Waals surface area contributed by atoms with Crippen molar-refractivity contribution < 1.29 is 4.79 Å². The van der Waals surface area contributed by atoms with E-state index in [1.807, 2.05) is 0 Å². The molecule has 0 aromatic heterocycles. The molecule has 1 heterocycles. The summed E-state index contributed by atoms with van der Waals surface area (Å²) in [6, 6.07) is 6.84. The van der Waals surface area contributed by atoms with Gasteiger partial charge in [-0.2, -0.15) is 0 Å². The minimum absolute atomic E-state index is 0.224. The minimum Gasteiger partial charge on any atom is -0.370 e. The lowest BCUT2D eigenvalue weighted by atomic mass is 9.72. The molecule has 1 aromatic carbocycles. The number of unbranched alkanes of at least 4 members (excludes halogenated alkanes) is 1. The fourth-order valence-electron chi connectivity index (χ4n) is 4.99. The lowest BCUT2D eigenvalue weighted by Crippen LogP contribution is -2.46. The molecule has 2 N–H and O–H groups in total. The number of nitrogens with zero attached hydrogens (tertiary/aromatic N) is 2. The van der Waals surface area contributed by atoms with E-state index in [4.69, 9.17) is 5.73 Å². The smallest absolute Gasteiger partial charge is 0.217 e. The highest BCUT2D eigenvalue weighted by molar-refractivity contribution is 5.78. The molecule has 172 valence electrons. The Bertz CT molecular complexity index is 769. The number of rotatable bonds is 8. The second kappa shape index (κ2) is 10.7. The van der Waals surface area contributed by atoms with E-state index in [1.165, 1.54) is 54.6 Å². The number of hydrogen-bond acceptors (Lipinski definition) is 3. The Morgan fingerprint density at radius 1 is 1.16 bits per heavy atom. The molecular formula is C27H43N3O. The highest BCUT2D eigenvalue weighted by Crippen LogP contribution is 2.42. The van der Waals surface area contributed by atoms with E-state index in [0.29, 0.717) is 11.8 Å². The van der Waals surface area contributed by atoms with Gasteiger partial charge in [0.1, 0.15) is 0 Å². The third-order valence-corrected chi connectivity index (χ3v) is 7.24. The Morgan fingerprint density at radius 2 is 1.90 bits per heavy atom. The van der Waals surface area contributed by atoms with E-state index in [0.717, 1.165) is 44.9 Å². The summed E-state index contributed by atoms with van der Waals surface area (Å²) in [5, 5.41) is 0. The molecular weight excluding hydrogens is 382 g/mol. The summed E-state index contributed by atoms with van der Waals surface area (Å²) in [6.45, 7) is 15.0. The predicted molar refractivity (Wildman–Crippen MR) is 132 cm³/mol. The van der Waals surface area contributed by atoms with Crippen molar-refractivity contribution in [2.45, 2.75) is 72.6 Å². The molecule has 3 rings (SSSR count). The molecule has 0 spiro atoms. The van der Waals surface area contributed by atoms with Crippen LogP contribution >= 0.6 is 0 Å². The number of hydrogen-bond donors (Lipinski definition) is 1. The summed E-state index contributed by atoms with van der Waals surface area (Å²) in [6.07, 6.45) is 9.79. The van der Waals surface area contributed by atoms with Crippen LogP contribution in [0.4, 0.5) is 5.69 Å². The Labute approximate surface area is 189 Å². The number of benzene rings is 1. The molecule has 1 unspecified atom stereocenters. The number of carbonyl (C=O) groups is 1. The van der Waals surface area contributed by atoms with Crippen LogP contribution in [-0.4, -0.2) is 43.5 Å². The quantitative estimate of drug-likeness (QED) is 0.618. The second-order valence-electron chi connectivity index (χ2n) is 10.6. The maximum Gasteiger partial charge on any atom is 0.217 e. The zero-order chi connectivity index (χ0) is 22.4. The fourth-order valence-corrected chi connectivity index (χ4v) is 4.99. The summed E-state index contributed by atoms with van der Waals surface area (Å²) >= 11 is 0. The van der Waals surface area contributed by atoms with Gasteiger partial charge in [0, 0.05) is 43.9 Å². The standard InChI is InChI=1S/C27H43N3O/c1-5-6-15-29-16-18-30(19-17-29)25-20-21(8-14-26(28)31)7-13-24(25)22-9-11-23(12-10-22)27(2,3)4/h7,9,13,20,23H,5-6,8,10-12,14-19H2,1-4H3,(H2,28,31). The topological polar surface area (TPSA) is 49.6 Å². The molecule has 4 nitrogen and oxygen atoms in total. The summed E-state index contributed by atoms with van der Waals surface area (Å²) in [5.74, 6) is 0.537. The molecule has 1 atom stereocenters. The van der Waals surface area contributed by atoms with Crippen LogP contribution in [0.15, 0.2) is 24.3 Å². The van der Waals surface area contributed by atoms with Crippen LogP contribution in [0.3, 0.4) is 0 Å². The summed E-state index contributed by atoms with van der Waals surface area (Å²) in [7, 11) is 0. The lowest BCUT2D eigenvalue weighted by Gasteiger charge is -2.38. The monoisotopic (exact) mass is 425 g/mol. The zero-order valence-electron chi connectivity index (χ0n) is 20.3. The Balaban J connectivity index is 1.80. The first kappa shape index (κ1) is 23.8. The van der Waals surface area contributed by atoms with E-state index in [9.17, 15) is 4.79 Å². The van der Waals surface area contributed by atoms with Crippen LogP contribution in [0.5, 0.6) is 0 Å². The minimum atomic E-state index is -0.224. The van der Waals surface area contributed by atoms with Crippen molar-refractivity contribution in [3.63, 3.8) is 0 Å². The van der Waals surface area contributed by atoms with Gasteiger partial charge >= 0.3 is 0 Å². The number of allylic oxidation sites excluding steroid dienone is 2. The largest absolute Gasteiger partial charge is 0.370 e. The van der Waals surface area contributed by atoms with Gasteiger partial charge in [0.25, 0.3) is 0 Å². The van der Waals surface area contributed by atoms with Crippen molar-refractivity contribution in [1.29, 1.82) is 0 Å². The van der Waals surface area contributed by atoms with Crippen molar-refractivity contribution in [2.24, 2.45) is 17.1 Å². The van der Waals surface area contributed by atoms with Crippen molar-refractivity contribution in [1.82, 2.24) is 4.90 Å². The lowest BCUT2D eigenvalue weighted by molar-refractivity contribution is -0.117. The molecule has 0 bridgehead atoms. The SMILES string of the molecule is CCCCN1CCN(c2cc(CCC(N)=O)ccc2C2=CCC(C(C)(C)C)CC2)CC1. The second-order valence-corrected chi connectivity index (χ2v) is 10.6. The molecule has 1 fully saturated rings. The van der Waals surface area contributed by atoms with Gasteiger partial charge < -0.3 is 10.6 Å².